The van der Waals surface area contributed by atoms with Crippen molar-refractivity contribution in [1.82, 2.24) is 0 Å². The molecule has 4 nitrogen and oxygen atoms in total. The van der Waals surface area contributed by atoms with Crippen LogP contribution < -0.4 is 9.47 Å². The number of carbonyl (C=O) groups is 1. The van der Waals surface area contributed by atoms with Gasteiger partial charge in [0.25, 0.3) is 0 Å². The van der Waals surface area contributed by atoms with Gasteiger partial charge in [0, 0.05) is 10.7 Å². The number of aliphatic imine (C=N–C) groups is 1. The summed E-state index contributed by atoms with van der Waals surface area (Å²) in [7, 11) is 1.60. The summed E-state index contributed by atoms with van der Waals surface area (Å²) in [4.78, 5) is 17.8. The van der Waals surface area contributed by atoms with E-state index in [9.17, 15) is 4.79 Å². The van der Waals surface area contributed by atoms with E-state index in [0.717, 1.165) is 35.0 Å². The van der Waals surface area contributed by atoms with Gasteiger partial charge in [-0.25, -0.2) is 0 Å². The lowest BCUT2D eigenvalue weighted by Crippen LogP contribution is -2.51. The van der Waals surface area contributed by atoms with E-state index in [1.165, 1.54) is 19.3 Å². The zero-order valence-corrected chi connectivity index (χ0v) is 18.7. The molecule has 4 saturated carbocycles. The van der Waals surface area contributed by atoms with Gasteiger partial charge in [-0.2, -0.15) is 0 Å². The lowest BCUT2D eigenvalue weighted by molar-refractivity contribution is -0.161. The molecule has 0 unspecified atom stereocenters. The molecule has 0 atom stereocenters. The molecule has 156 valence electrons. The number of benzene rings is 2. The van der Waals surface area contributed by atoms with Gasteiger partial charge in [-0.1, -0.05) is 15.9 Å². The molecule has 30 heavy (non-hydrogen) atoms. The third kappa shape index (κ3) is 3.80. The molecule has 6 rings (SSSR count). The number of rotatable bonds is 5. The van der Waals surface area contributed by atoms with Crippen LogP contribution in [0.15, 0.2) is 51.9 Å². The van der Waals surface area contributed by atoms with Crippen molar-refractivity contribution in [2.45, 2.75) is 38.5 Å². The molecule has 0 aromatic heterocycles. The van der Waals surface area contributed by atoms with E-state index in [0.29, 0.717) is 29.3 Å². The van der Waals surface area contributed by atoms with E-state index in [1.54, 1.807) is 13.3 Å². The molecular weight excluding hydrogens is 442 g/mol. The second-order valence-electron chi connectivity index (χ2n) is 9.23. The Bertz CT molecular complexity index is 947. The highest BCUT2D eigenvalue weighted by Crippen LogP contribution is 2.60. The summed E-state index contributed by atoms with van der Waals surface area (Å²) in [6.45, 7) is 0. The maximum atomic E-state index is 13.2. The summed E-state index contributed by atoms with van der Waals surface area (Å²) >= 11 is 3.43. The SMILES string of the molecule is COc1cc(C=Nc2ccc(Br)cc2)ccc1OC(=O)C12CC3CC(CC(C3)C1)C2. The highest BCUT2D eigenvalue weighted by Gasteiger charge is 2.55. The Morgan fingerprint density at radius 2 is 1.63 bits per heavy atom. The fraction of sp³-hybridized carbons (Fsp3) is 0.440. The van der Waals surface area contributed by atoms with Gasteiger partial charge in [0.1, 0.15) is 0 Å². The molecular formula is C25H26BrNO3. The van der Waals surface area contributed by atoms with E-state index in [-0.39, 0.29) is 11.4 Å². The molecule has 0 heterocycles. The third-order valence-electron chi connectivity index (χ3n) is 7.05. The summed E-state index contributed by atoms with van der Waals surface area (Å²) in [6, 6.07) is 13.4. The molecule has 5 heteroatoms. The molecule has 0 aliphatic heterocycles. The van der Waals surface area contributed by atoms with Crippen LogP contribution in [0.25, 0.3) is 0 Å². The molecule has 2 aromatic rings. The lowest BCUT2D eigenvalue weighted by Gasteiger charge is -2.55. The first-order chi connectivity index (χ1) is 14.5. The van der Waals surface area contributed by atoms with Crippen molar-refractivity contribution >= 4 is 33.8 Å². The van der Waals surface area contributed by atoms with Crippen molar-refractivity contribution in [2.24, 2.45) is 28.2 Å². The van der Waals surface area contributed by atoms with Crippen LogP contribution in [0.2, 0.25) is 0 Å². The first-order valence-corrected chi connectivity index (χ1v) is 11.5. The fourth-order valence-electron chi connectivity index (χ4n) is 6.09. The molecule has 4 aliphatic rings. The van der Waals surface area contributed by atoms with Crippen LogP contribution >= 0.6 is 15.9 Å². The number of nitrogens with zero attached hydrogens (tertiary/aromatic N) is 1. The van der Waals surface area contributed by atoms with Gasteiger partial charge in [0.15, 0.2) is 11.5 Å². The number of hydrogen-bond donors (Lipinski definition) is 0. The Balaban J connectivity index is 1.32. The summed E-state index contributed by atoms with van der Waals surface area (Å²) in [6.07, 6.45) is 8.71. The predicted molar refractivity (Wildman–Crippen MR) is 121 cm³/mol. The van der Waals surface area contributed by atoms with Gasteiger partial charge in [0.2, 0.25) is 0 Å². The molecule has 2 aromatic carbocycles. The largest absolute Gasteiger partial charge is 0.493 e. The third-order valence-corrected chi connectivity index (χ3v) is 7.58. The highest BCUT2D eigenvalue weighted by molar-refractivity contribution is 9.10. The van der Waals surface area contributed by atoms with Crippen molar-refractivity contribution in [1.29, 1.82) is 0 Å². The minimum atomic E-state index is -0.276. The topological polar surface area (TPSA) is 47.9 Å². The van der Waals surface area contributed by atoms with Crippen LogP contribution in [0, 0.1) is 23.2 Å². The zero-order valence-electron chi connectivity index (χ0n) is 17.1. The van der Waals surface area contributed by atoms with Crippen molar-refractivity contribution in [3.8, 4) is 11.5 Å². The quantitative estimate of drug-likeness (QED) is 0.293. The van der Waals surface area contributed by atoms with E-state index in [1.807, 2.05) is 42.5 Å². The van der Waals surface area contributed by atoms with Gasteiger partial charge in [0.05, 0.1) is 18.2 Å². The van der Waals surface area contributed by atoms with Crippen molar-refractivity contribution < 1.29 is 14.3 Å². The first kappa shape index (κ1) is 19.8. The second kappa shape index (κ2) is 7.84. The van der Waals surface area contributed by atoms with Crippen molar-refractivity contribution in [3.63, 3.8) is 0 Å². The van der Waals surface area contributed by atoms with Crippen LogP contribution in [0.4, 0.5) is 5.69 Å². The van der Waals surface area contributed by atoms with Gasteiger partial charge in [-0.3, -0.25) is 9.79 Å². The van der Waals surface area contributed by atoms with Gasteiger partial charge in [-0.15, -0.1) is 0 Å². The summed E-state index contributed by atoms with van der Waals surface area (Å²) in [5, 5.41) is 0. The fourth-order valence-corrected chi connectivity index (χ4v) is 6.36. The van der Waals surface area contributed by atoms with Crippen LogP contribution in [0.1, 0.15) is 44.1 Å². The summed E-state index contributed by atoms with van der Waals surface area (Å²) in [5.41, 5.74) is 1.49. The predicted octanol–water partition coefficient (Wildman–Crippen LogP) is 6.33. The number of hydrogen-bond acceptors (Lipinski definition) is 4. The van der Waals surface area contributed by atoms with Gasteiger partial charge < -0.3 is 9.47 Å². The monoisotopic (exact) mass is 467 g/mol. The Morgan fingerprint density at radius 1 is 1.00 bits per heavy atom. The van der Waals surface area contributed by atoms with E-state index in [4.69, 9.17) is 9.47 Å². The number of carbonyl (C=O) groups excluding carboxylic acids is 1. The minimum Gasteiger partial charge on any atom is -0.493 e. The number of methoxy groups -OCH3 is 1. The summed E-state index contributed by atoms with van der Waals surface area (Å²) in [5.74, 6) is 3.14. The molecule has 0 spiro atoms. The Kier molecular flexibility index (Phi) is 5.18. The van der Waals surface area contributed by atoms with Gasteiger partial charge in [-0.05, 0) is 104 Å². The van der Waals surface area contributed by atoms with Crippen molar-refractivity contribution in [2.75, 3.05) is 7.11 Å². The van der Waals surface area contributed by atoms with Crippen LogP contribution in [-0.4, -0.2) is 19.3 Å². The number of halogens is 1. The zero-order chi connectivity index (χ0) is 20.7. The average molecular weight is 468 g/mol. The number of ether oxygens (including phenoxy) is 2. The maximum absolute atomic E-state index is 13.2. The molecule has 4 aliphatic carbocycles. The second-order valence-corrected chi connectivity index (χ2v) is 10.1. The minimum absolute atomic E-state index is 0.0591. The molecule has 0 amide bonds. The summed E-state index contributed by atoms with van der Waals surface area (Å²) < 4.78 is 12.5. The van der Waals surface area contributed by atoms with Crippen molar-refractivity contribution in [3.05, 3.63) is 52.5 Å². The number of esters is 1. The van der Waals surface area contributed by atoms with Crippen LogP contribution in [-0.2, 0) is 4.79 Å². The highest BCUT2D eigenvalue weighted by atomic mass is 79.9. The molecule has 0 radical (unpaired) electrons. The lowest BCUT2D eigenvalue weighted by atomic mass is 9.49. The van der Waals surface area contributed by atoms with Gasteiger partial charge >= 0.3 is 5.97 Å². The Labute approximate surface area is 185 Å². The van der Waals surface area contributed by atoms with Crippen LogP contribution in [0.3, 0.4) is 0 Å². The first-order valence-electron chi connectivity index (χ1n) is 10.7. The normalized spacial score (nSPS) is 29.3. The van der Waals surface area contributed by atoms with E-state index in [2.05, 4.69) is 20.9 Å². The molecule has 0 N–H and O–H groups in total. The molecule has 4 fully saturated rings. The average Bonchev–Trinajstić information content (AvgIpc) is 2.73. The van der Waals surface area contributed by atoms with E-state index < -0.39 is 0 Å². The standard InChI is InChI=1S/C25H26BrNO3/c1-29-23-11-16(15-27-21-5-3-20(26)4-6-21)2-7-22(23)30-24(28)25-12-17-8-18(13-25)10-19(9-17)14-25/h2-7,11,15,17-19H,8-10,12-14H2,1H3. The van der Waals surface area contributed by atoms with Crippen LogP contribution in [0.5, 0.6) is 11.5 Å². The van der Waals surface area contributed by atoms with E-state index >= 15 is 0 Å². The molecule has 0 saturated heterocycles. The Hall–Kier alpha value is -2.14. The smallest absolute Gasteiger partial charge is 0.317 e. The maximum Gasteiger partial charge on any atom is 0.317 e. The molecule has 4 bridgehead atoms. The Morgan fingerprint density at radius 3 is 2.23 bits per heavy atom.